The van der Waals surface area contributed by atoms with Gasteiger partial charge in [0.2, 0.25) is 0 Å². The molecule has 11 heteroatoms. The molecular formula is C39H43N5O4S2. The van der Waals surface area contributed by atoms with E-state index in [9.17, 15) is 14.4 Å². The van der Waals surface area contributed by atoms with Crippen LogP contribution in [0.5, 0.6) is 0 Å². The molecular weight excluding hydrogens is 667 g/mol. The van der Waals surface area contributed by atoms with E-state index in [0.29, 0.717) is 40.4 Å². The number of likely N-dealkylation sites (tertiary alicyclic amines) is 1. The van der Waals surface area contributed by atoms with Crippen molar-refractivity contribution in [2.75, 3.05) is 44.8 Å². The van der Waals surface area contributed by atoms with Crippen LogP contribution in [0.15, 0.2) is 127 Å². The van der Waals surface area contributed by atoms with Crippen LogP contribution in [-0.2, 0) is 20.7 Å². The molecule has 3 aliphatic heterocycles. The maximum Gasteiger partial charge on any atom is 0.265 e. The van der Waals surface area contributed by atoms with E-state index in [1.165, 1.54) is 34.8 Å². The van der Waals surface area contributed by atoms with Crippen molar-refractivity contribution in [1.82, 2.24) is 20.9 Å². The highest BCUT2D eigenvalue weighted by Crippen LogP contribution is 2.45. The molecule has 9 nitrogen and oxygen atoms in total. The summed E-state index contributed by atoms with van der Waals surface area (Å²) in [4.78, 5) is 46.8. The van der Waals surface area contributed by atoms with Crippen molar-refractivity contribution < 1.29 is 19.1 Å². The van der Waals surface area contributed by atoms with Gasteiger partial charge >= 0.3 is 0 Å². The molecule has 3 amide bonds. The number of hydrogen-bond donors (Lipinski definition) is 3. The molecule has 2 aromatic rings. The highest BCUT2D eigenvalue weighted by molar-refractivity contribution is 7.23. The van der Waals surface area contributed by atoms with Crippen molar-refractivity contribution in [2.24, 2.45) is 5.41 Å². The number of rotatable bonds is 13. The summed E-state index contributed by atoms with van der Waals surface area (Å²) in [5.74, 6) is -0.0726. The van der Waals surface area contributed by atoms with Crippen LogP contribution in [0.25, 0.3) is 9.75 Å². The Kier molecular flexibility index (Phi) is 11.7. The third-order valence-corrected chi connectivity index (χ3v) is 11.3. The summed E-state index contributed by atoms with van der Waals surface area (Å²) in [6.45, 7) is 22.8. The van der Waals surface area contributed by atoms with Crippen LogP contribution in [0.4, 0.5) is 5.69 Å². The van der Waals surface area contributed by atoms with Crippen molar-refractivity contribution in [3.8, 4) is 9.75 Å². The minimum Gasteiger partial charge on any atom is -0.381 e. The lowest BCUT2D eigenvalue weighted by atomic mass is 9.73. The van der Waals surface area contributed by atoms with Gasteiger partial charge in [0.15, 0.2) is 0 Å². The maximum atomic E-state index is 14.0. The molecule has 0 bridgehead atoms. The van der Waals surface area contributed by atoms with E-state index in [2.05, 4.69) is 53.7 Å². The van der Waals surface area contributed by atoms with E-state index < -0.39 is 0 Å². The van der Waals surface area contributed by atoms with Crippen LogP contribution in [0.2, 0.25) is 0 Å². The first-order valence-corrected chi connectivity index (χ1v) is 18.0. The van der Waals surface area contributed by atoms with Crippen LogP contribution in [-0.4, -0.2) is 62.5 Å². The van der Waals surface area contributed by atoms with E-state index in [1.54, 1.807) is 48.4 Å². The average molecular weight is 710 g/mol. The molecule has 3 N–H and O–H groups in total. The predicted molar refractivity (Wildman–Crippen MR) is 205 cm³/mol. The van der Waals surface area contributed by atoms with Gasteiger partial charge in [0.1, 0.15) is 5.82 Å². The summed E-state index contributed by atoms with van der Waals surface area (Å²) in [6.07, 6.45) is 15.3. The van der Waals surface area contributed by atoms with E-state index in [0.717, 1.165) is 66.0 Å². The predicted octanol–water partition coefficient (Wildman–Crippen LogP) is 6.38. The van der Waals surface area contributed by atoms with Gasteiger partial charge in [-0.3, -0.25) is 14.4 Å². The number of carbonyl (C=O) groups excluding carboxylic acids is 3. The Morgan fingerprint density at radius 2 is 1.64 bits per heavy atom. The van der Waals surface area contributed by atoms with Gasteiger partial charge in [-0.25, -0.2) is 0 Å². The molecule has 0 atom stereocenters. The highest BCUT2D eigenvalue weighted by Gasteiger charge is 2.45. The lowest BCUT2D eigenvalue weighted by molar-refractivity contribution is -0.117. The van der Waals surface area contributed by atoms with Crippen LogP contribution >= 0.6 is 22.7 Å². The number of allylic oxidation sites excluding steroid dienone is 6. The summed E-state index contributed by atoms with van der Waals surface area (Å²) in [7, 11) is 1.80. The van der Waals surface area contributed by atoms with Crippen LogP contribution < -0.4 is 20.9 Å². The molecule has 260 valence electrons. The molecule has 2 saturated heterocycles. The number of amides is 3. The Bertz CT molecular complexity index is 1840. The smallest absolute Gasteiger partial charge is 0.265 e. The third-order valence-electron chi connectivity index (χ3n) is 9.05. The van der Waals surface area contributed by atoms with Gasteiger partial charge in [0.25, 0.3) is 17.7 Å². The van der Waals surface area contributed by atoms with Crippen LogP contribution in [0.1, 0.15) is 28.1 Å². The van der Waals surface area contributed by atoms with Gasteiger partial charge in [-0.05, 0) is 72.7 Å². The summed E-state index contributed by atoms with van der Waals surface area (Å²) in [5.41, 5.74) is 3.76. The van der Waals surface area contributed by atoms with Gasteiger partial charge in [0.05, 0.1) is 25.9 Å². The molecule has 2 fully saturated rings. The molecule has 2 aromatic heterocycles. The average Bonchev–Trinajstić information content (AvgIpc) is 3.74. The molecule has 5 rings (SSSR count). The maximum absolute atomic E-state index is 14.0. The lowest BCUT2D eigenvalue weighted by Gasteiger charge is -2.54. The fourth-order valence-electron chi connectivity index (χ4n) is 6.37. The number of thiophene rings is 2. The molecule has 50 heavy (non-hydrogen) atoms. The second-order valence-electron chi connectivity index (χ2n) is 12.1. The number of carbonyl (C=O) groups is 3. The topological polar surface area (TPSA) is 103 Å². The molecule has 1 spiro atoms. The normalized spacial score (nSPS) is 17.6. The minimum atomic E-state index is -0.338. The first kappa shape index (κ1) is 36.3. The van der Waals surface area contributed by atoms with Gasteiger partial charge in [0, 0.05) is 62.3 Å². The Labute approximate surface area is 302 Å². The van der Waals surface area contributed by atoms with E-state index in [4.69, 9.17) is 4.74 Å². The second-order valence-corrected chi connectivity index (χ2v) is 14.1. The fraction of sp³-hybridized carbons (Fsp3) is 0.256. The SMILES string of the molecule is C=C/C=C(\C=C)NC(=O)c1cc2c(s1)-c1sccc1N(C(=O)/C(C=C)=C/C=C(\C=C)NC(=O)/C(C=C)=C(/NC)N1CC3(CCOCC3)C1)CC2. The number of nitrogens with zero attached hydrogens (tertiary/aromatic N) is 2. The Hall–Kier alpha value is -4.97. The van der Waals surface area contributed by atoms with E-state index in [-0.39, 0.29) is 23.1 Å². The van der Waals surface area contributed by atoms with Crippen LogP contribution in [0, 0.1) is 5.41 Å². The number of hydrogen-bond acceptors (Lipinski definition) is 8. The molecule has 0 radical (unpaired) electrons. The van der Waals surface area contributed by atoms with Crippen molar-refractivity contribution >= 4 is 46.1 Å². The fourth-order valence-corrected chi connectivity index (χ4v) is 8.56. The molecule has 0 saturated carbocycles. The zero-order valence-electron chi connectivity index (χ0n) is 28.4. The largest absolute Gasteiger partial charge is 0.381 e. The zero-order valence-corrected chi connectivity index (χ0v) is 30.0. The van der Waals surface area contributed by atoms with Crippen molar-refractivity contribution in [3.05, 3.63) is 138 Å². The Morgan fingerprint density at radius 3 is 2.28 bits per heavy atom. The summed E-state index contributed by atoms with van der Waals surface area (Å²) in [5, 5.41) is 10.9. The van der Waals surface area contributed by atoms with E-state index in [1.807, 2.05) is 17.5 Å². The lowest BCUT2D eigenvalue weighted by Crippen LogP contribution is -2.59. The molecule has 3 aliphatic rings. The first-order valence-electron chi connectivity index (χ1n) is 16.4. The Morgan fingerprint density at radius 1 is 0.920 bits per heavy atom. The van der Waals surface area contributed by atoms with Gasteiger partial charge in [-0.1, -0.05) is 51.1 Å². The summed E-state index contributed by atoms with van der Waals surface area (Å²) >= 11 is 2.92. The Balaban J connectivity index is 1.32. The highest BCUT2D eigenvalue weighted by atomic mass is 32.1. The standard InChI is InChI=1S/C39H43N5O4S2/c1-7-12-28(9-3)42-37(46)32-23-27-15-19-44(31-16-22-49-34(31)33(27)50-32)38(47)26(8-2)13-14-29(10-4)41-36(45)30(11-5)35(40-6)43-24-39(25-43)17-20-48-21-18-39/h7-14,16,22-23,40H,1-5,15,17-21,24-25H2,6H3,(H,41,45)(H,42,46)/b26-13+,28-12+,29-14+,35-30-. The first-order chi connectivity index (χ1) is 24.2. The number of nitrogens with one attached hydrogen (secondary N) is 3. The van der Waals surface area contributed by atoms with Crippen molar-refractivity contribution in [1.29, 1.82) is 0 Å². The van der Waals surface area contributed by atoms with E-state index >= 15 is 0 Å². The molecule has 0 aliphatic carbocycles. The second kappa shape index (κ2) is 16.2. The molecule has 5 heterocycles. The van der Waals surface area contributed by atoms with Crippen LogP contribution in [0.3, 0.4) is 0 Å². The summed E-state index contributed by atoms with van der Waals surface area (Å²) < 4.78 is 5.55. The van der Waals surface area contributed by atoms with Crippen molar-refractivity contribution in [2.45, 2.75) is 19.3 Å². The molecule has 0 unspecified atom stereocenters. The van der Waals surface area contributed by atoms with Crippen molar-refractivity contribution in [3.63, 3.8) is 0 Å². The number of anilines is 1. The third kappa shape index (κ3) is 7.60. The monoisotopic (exact) mass is 709 g/mol. The number of fused-ring (bicyclic) bond motifs is 3. The number of ether oxygens (including phenoxy) is 1. The summed E-state index contributed by atoms with van der Waals surface area (Å²) in [6, 6.07) is 3.81. The quantitative estimate of drug-likeness (QED) is 0.165. The van der Waals surface area contributed by atoms with Gasteiger partial charge in [-0.2, -0.15) is 0 Å². The molecule has 0 aromatic carbocycles. The zero-order chi connectivity index (χ0) is 35.8. The minimum absolute atomic E-state index is 0.224. The van der Waals surface area contributed by atoms with Gasteiger partial charge in [-0.15, -0.1) is 22.7 Å². The van der Waals surface area contributed by atoms with Gasteiger partial charge < -0.3 is 30.5 Å².